The van der Waals surface area contributed by atoms with Crippen molar-refractivity contribution in [2.45, 2.75) is 33.4 Å². The van der Waals surface area contributed by atoms with Gasteiger partial charge in [0.2, 0.25) is 0 Å². The lowest BCUT2D eigenvalue weighted by Crippen LogP contribution is -2.19. The van der Waals surface area contributed by atoms with Gasteiger partial charge in [0.25, 0.3) is 5.19 Å². The number of rotatable bonds is 3. The molecular weight excluding hydrogens is 255 g/mol. The number of halogens is 3. The van der Waals surface area contributed by atoms with Crippen molar-refractivity contribution in [3.05, 3.63) is 11.1 Å². The van der Waals surface area contributed by atoms with E-state index < -0.39 is 12.8 Å². The molecule has 7 heteroatoms. The fourth-order valence-corrected chi connectivity index (χ4v) is 1.36. The maximum Gasteiger partial charge on any atom is 0.422 e. The normalized spacial score (nSPS) is 9.53. The Morgan fingerprint density at radius 3 is 2.29 bits per heavy atom. The largest absolute Gasteiger partial charge is 0.460 e. The lowest BCUT2D eigenvalue weighted by molar-refractivity contribution is -0.153. The number of thiazole rings is 1. The first-order valence-corrected chi connectivity index (χ1v) is 5.76. The third kappa shape index (κ3) is 9.80. The molecular formula is C10H16F3NO2S. The van der Waals surface area contributed by atoms with Crippen LogP contribution in [0.4, 0.5) is 13.2 Å². The zero-order valence-electron chi connectivity index (χ0n) is 10.0. The summed E-state index contributed by atoms with van der Waals surface area (Å²) in [4.78, 5) is 12.6. The van der Waals surface area contributed by atoms with E-state index >= 15 is 0 Å². The Labute approximate surface area is 103 Å². The Morgan fingerprint density at radius 1 is 1.41 bits per heavy atom. The zero-order valence-corrected chi connectivity index (χ0v) is 10.8. The van der Waals surface area contributed by atoms with E-state index in [4.69, 9.17) is 4.79 Å². The summed E-state index contributed by atoms with van der Waals surface area (Å²) >= 11 is 1.14. The molecule has 3 nitrogen and oxygen atoms in total. The predicted molar refractivity (Wildman–Crippen MR) is 61.5 cm³/mol. The topological polar surface area (TPSA) is 39.2 Å². The molecule has 0 bridgehead atoms. The van der Waals surface area contributed by atoms with E-state index in [0.29, 0.717) is 0 Å². The van der Waals surface area contributed by atoms with Crippen molar-refractivity contribution >= 4 is 18.1 Å². The van der Waals surface area contributed by atoms with Gasteiger partial charge >= 0.3 is 6.18 Å². The summed E-state index contributed by atoms with van der Waals surface area (Å²) in [6.45, 7) is 6.63. The van der Waals surface area contributed by atoms with Gasteiger partial charge in [-0.25, -0.2) is 4.98 Å². The Morgan fingerprint density at radius 2 is 1.94 bits per heavy atom. The molecule has 0 aliphatic rings. The van der Waals surface area contributed by atoms with Crippen LogP contribution < -0.4 is 4.74 Å². The molecule has 1 aromatic heterocycles. The minimum absolute atomic E-state index is 0.0779. The number of carbonyl (C=O) groups is 1. The second kappa shape index (κ2) is 10.1. The zero-order chi connectivity index (χ0) is 13.9. The number of nitrogens with zero attached hydrogens (tertiary/aromatic N) is 1. The number of hydrogen-bond acceptors (Lipinski definition) is 4. The lowest BCUT2D eigenvalue weighted by atomic mass is 10.4. The van der Waals surface area contributed by atoms with Gasteiger partial charge in [0, 0.05) is 11.1 Å². The molecule has 0 amide bonds. The molecule has 0 spiro atoms. The smallest absolute Gasteiger partial charge is 0.422 e. The second-order valence-electron chi connectivity index (χ2n) is 2.35. The summed E-state index contributed by atoms with van der Waals surface area (Å²) in [7, 11) is 0. The Balaban J connectivity index is 0. The summed E-state index contributed by atoms with van der Waals surface area (Å²) in [6, 6.07) is 0. The molecule has 1 heterocycles. The molecule has 0 N–H and O–H groups in total. The van der Waals surface area contributed by atoms with Crippen LogP contribution in [0.5, 0.6) is 5.19 Å². The van der Waals surface area contributed by atoms with Gasteiger partial charge in [-0.2, -0.15) is 13.2 Å². The maximum absolute atomic E-state index is 11.7. The van der Waals surface area contributed by atoms with E-state index in [-0.39, 0.29) is 5.19 Å². The number of hydrogen-bond donors (Lipinski definition) is 0. The Kier molecular flexibility index (Phi) is 10.8. The van der Waals surface area contributed by atoms with Crippen LogP contribution in [0.3, 0.4) is 0 Å². The van der Waals surface area contributed by atoms with E-state index in [9.17, 15) is 13.2 Å². The van der Waals surface area contributed by atoms with Crippen LogP contribution in [0, 0.1) is 0 Å². The summed E-state index contributed by atoms with van der Waals surface area (Å²) < 4.78 is 39.5. The van der Waals surface area contributed by atoms with Gasteiger partial charge in [-0.05, 0) is 6.42 Å². The van der Waals surface area contributed by atoms with Gasteiger partial charge in [0.15, 0.2) is 6.61 Å². The molecule has 0 unspecified atom stereocenters. The number of ether oxygens (including phenoxy) is 1. The van der Waals surface area contributed by atoms with Gasteiger partial charge in [-0.3, -0.25) is 0 Å². The van der Waals surface area contributed by atoms with E-state index in [1.54, 1.807) is 0 Å². The molecule has 0 saturated heterocycles. The van der Waals surface area contributed by atoms with Crippen LogP contribution in [-0.2, 0) is 11.2 Å². The van der Waals surface area contributed by atoms with Crippen LogP contribution in [0.2, 0.25) is 0 Å². The van der Waals surface area contributed by atoms with E-state index in [2.05, 4.69) is 9.72 Å². The first kappa shape index (κ1) is 18.3. The third-order valence-corrected chi connectivity index (χ3v) is 2.29. The van der Waals surface area contributed by atoms with Crippen LogP contribution in [0.25, 0.3) is 0 Å². The molecule has 0 aliphatic carbocycles. The second-order valence-corrected chi connectivity index (χ2v) is 3.43. The predicted octanol–water partition coefficient (Wildman–Crippen LogP) is 3.49. The number of alkyl halides is 3. The molecule has 17 heavy (non-hydrogen) atoms. The first-order valence-electron chi connectivity index (χ1n) is 4.94. The van der Waals surface area contributed by atoms with Crippen LogP contribution in [0.1, 0.15) is 25.6 Å². The third-order valence-electron chi connectivity index (χ3n) is 1.24. The first-order chi connectivity index (χ1) is 8.01. The number of carbonyl (C=O) groups excluding carboxylic acids is 1. The Hall–Kier alpha value is -1.11. The van der Waals surface area contributed by atoms with Crippen molar-refractivity contribution < 1.29 is 22.7 Å². The fraction of sp³-hybridized carbons (Fsp3) is 0.600. The summed E-state index contributed by atoms with van der Waals surface area (Å²) in [6.07, 6.45) is -2.01. The molecule has 0 aliphatic heterocycles. The fourth-order valence-electron chi connectivity index (χ4n) is 0.663. The van der Waals surface area contributed by atoms with E-state index in [1.807, 2.05) is 27.6 Å². The van der Waals surface area contributed by atoms with Gasteiger partial charge in [0.1, 0.15) is 6.79 Å². The number of aromatic nitrogens is 1. The van der Waals surface area contributed by atoms with Crippen LogP contribution in [-0.4, -0.2) is 24.6 Å². The highest BCUT2D eigenvalue weighted by molar-refractivity contribution is 7.13. The summed E-state index contributed by atoms with van der Waals surface area (Å²) in [5.74, 6) is 0. The highest BCUT2D eigenvalue weighted by Gasteiger charge is 2.28. The van der Waals surface area contributed by atoms with Crippen LogP contribution >= 0.6 is 11.3 Å². The Bertz CT molecular complexity index is 289. The van der Waals surface area contributed by atoms with Crippen molar-refractivity contribution in [1.82, 2.24) is 4.98 Å². The molecule has 0 atom stereocenters. The molecule has 1 aromatic rings. The molecule has 0 saturated carbocycles. The molecule has 1 rings (SSSR count). The average Bonchev–Trinajstić information content (AvgIpc) is 2.79. The minimum atomic E-state index is -4.29. The van der Waals surface area contributed by atoms with Crippen LogP contribution in [0.15, 0.2) is 6.20 Å². The SMILES string of the molecule is C=O.CC.CCc1cnc(OCC(F)(F)F)s1. The van der Waals surface area contributed by atoms with Gasteiger partial charge in [0.05, 0.1) is 0 Å². The minimum Gasteiger partial charge on any atom is -0.460 e. The molecule has 0 radical (unpaired) electrons. The summed E-state index contributed by atoms with van der Waals surface area (Å²) in [5, 5.41) is 0.0779. The van der Waals surface area contributed by atoms with Gasteiger partial charge in [-0.1, -0.05) is 32.1 Å². The molecule has 0 fully saturated rings. The lowest BCUT2D eigenvalue weighted by Gasteiger charge is -2.05. The van der Waals surface area contributed by atoms with Crippen molar-refractivity contribution in [3.8, 4) is 5.19 Å². The summed E-state index contributed by atoms with van der Waals surface area (Å²) in [5.41, 5.74) is 0. The quantitative estimate of drug-likeness (QED) is 0.844. The number of aryl methyl sites for hydroxylation is 1. The monoisotopic (exact) mass is 271 g/mol. The standard InChI is InChI=1S/C7H8F3NOS.C2H6.CH2O/c1-2-5-3-11-6(13-5)12-4-7(8,9)10;2*1-2/h3H,2,4H2,1H3;1-2H3;1H2. The average molecular weight is 271 g/mol. The van der Waals surface area contributed by atoms with Crippen molar-refractivity contribution in [2.75, 3.05) is 6.61 Å². The van der Waals surface area contributed by atoms with Crippen molar-refractivity contribution in [1.29, 1.82) is 0 Å². The highest BCUT2D eigenvalue weighted by atomic mass is 32.1. The molecule has 100 valence electrons. The van der Waals surface area contributed by atoms with Gasteiger partial charge < -0.3 is 9.53 Å². The molecule has 0 aromatic carbocycles. The van der Waals surface area contributed by atoms with Gasteiger partial charge in [-0.15, -0.1) is 0 Å². The maximum atomic E-state index is 11.7. The van der Waals surface area contributed by atoms with Crippen molar-refractivity contribution in [2.24, 2.45) is 0 Å². The van der Waals surface area contributed by atoms with E-state index in [0.717, 1.165) is 22.6 Å². The highest BCUT2D eigenvalue weighted by Crippen LogP contribution is 2.23. The van der Waals surface area contributed by atoms with Crippen molar-refractivity contribution in [3.63, 3.8) is 0 Å². The van der Waals surface area contributed by atoms with E-state index in [1.165, 1.54) is 6.20 Å².